The molecule has 1 aliphatic heterocycles. The van der Waals surface area contributed by atoms with Crippen LogP contribution >= 0.6 is 0 Å². The highest BCUT2D eigenvalue weighted by Gasteiger charge is 2.26. The average molecular weight is 409 g/mol. The SMILES string of the molecule is Cc1ccc(C(=O)NCC(C)C)c(C2CCN(Cc3ccc(N(C)C)cc3)CC2)n1. The van der Waals surface area contributed by atoms with Gasteiger partial charge in [-0.05, 0) is 68.6 Å². The van der Waals surface area contributed by atoms with E-state index in [1.807, 2.05) is 19.1 Å². The molecule has 5 nitrogen and oxygen atoms in total. The van der Waals surface area contributed by atoms with E-state index in [1.165, 1.54) is 11.3 Å². The Labute approximate surface area is 181 Å². The van der Waals surface area contributed by atoms with E-state index in [0.717, 1.165) is 49.4 Å². The van der Waals surface area contributed by atoms with Gasteiger partial charge in [0.1, 0.15) is 0 Å². The van der Waals surface area contributed by atoms with Gasteiger partial charge in [-0.2, -0.15) is 0 Å². The number of rotatable bonds is 7. The van der Waals surface area contributed by atoms with E-state index >= 15 is 0 Å². The number of pyridine rings is 1. The van der Waals surface area contributed by atoms with Crippen LogP contribution in [-0.4, -0.2) is 49.5 Å². The van der Waals surface area contributed by atoms with Gasteiger partial charge in [0.15, 0.2) is 0 Å². The largest absolute Gasteiger partial charge is 0.378 e. The summed E-state index contributed by atoms with van der Waals surface area (Å²) >= 11 is 0. The number of carbonyl (C=O) groups is 1. The van der Waals surface area contributed by atoms with Crippen LogP contribution in [0.25, 0.3) is 0 Å². The van der Waals surface area contributed by atoms with E-state index in [4.69, 9.17) is 4.98 Å². The first kappa shape index (κ1) is 22.3. The normalized spacial score (nSPS) is 15.4. The first-order chi connectivity index (χ1) is 14.3. The second-order valence-electron chi connectivity index (χ2n) is 9.10. The lowest BCUT2D eigenvalue weighted by Crippen LogP contribution is -2.34. The number of amides is 1. The predicted molar refractivity (Wildman–Crippen MR) is 124 cm³/mol. The number of hydrogen-bond acceptors (Lipinski definition) is 4. The van der Waals surface area contributed by atoms with E-state index < -0.39 is 0 Å². The fourth-order valence-electron chi connectivity index (χ4n) is 3.99. The van der Waals surface area contributed by atoms with Crippen LogP contribution < -0.4 is 10.2 Å². The summed E-state index contributed by atoms with van der Waals surface area (Å²) in [4.78, 5) is 22.2. The lowest BCUT2D eigenvalue weighted by Gasteiger charge is -2.32. The Kier molecular flexibility index (Phi) is 7.48. The molecule has 0 atom stereocenters. The van der Waals surface area contributed by atoms with Crippen LogP contribution in [0.1, 0.15) is 59.9 Å². The zero-order valence-electron chi connectivity index (χ0n) is 19.1. The van der Waals surface area contributed by atoms with Crippen molar-refractivity contribution in [3.05, 3.63) is 58.9 Å². The molecule has 1 fully saturated rings. The van der Waals surface area contributed by atoms with Crippen LogP contribution in [0.3, 0.4) is 0 Å². The Hall–Kier alpha value is -2.40. The number of nitrogens with zero attached hydrogens (tertiary/aromatic N) is 3. The van der Waals surface area contributed by atoms with Crippen molar-refractivity contribution in [1.82, 2.24) is 15.2 Å². The Bertz CT molecular complexity index is 837. The summed E-state index contributed by atoms with van der Waals surface area (Å²) in [7, 11) is 4.13. The van der Waals surface area contributed by atoms with Gasteiger partial charge in [-0.1, -0.05) is 26.0 Å². The van der Waals surface area contributed by atoms with Crippen molar-refractivity contribution in [1.29, 1.82) is 0 Å². The summed E-state index contributed by atoms with van der Waals surface area (Å²) in [6.45, 7) is 9.95. The van der Waals surface area contributed by atoms with Crippen molar-refractivity contribution in [2.75, 3.05) is 38.6 Å². The van der Waals surface area contributed by atoms with Crippen LogP contribution in [0.2, 0.25) is 0 Å². The molecule has 1 N–H and O–H groups in total. The van der Waals surface area contributed by atoms with E-state index in [9.17, 15) is 4.79 Å². The van der Waals surface area contributed by atoms with Gasteiger partial charge < -0.3 is 10.2 Å². The Balaban J connectivity index is 1.63. The van der Waals surface area contributed by atoms with Gasteiger partial charge in [0, 0.05) is 44.5 Å². The van der Waals surface area contributed by atoms with Gasteiger partial charge in [0.25, 0.3) is 5.91 Å². The smallest absolute Gasteiger partial charge is 0.253 e. The van der Waals surface area contributed by atoms with Crippen LogP contribution in [0, 0.1) is 12.8 Å². The van der Waals surface area contributed by atoms with Gasteiger partial charge in [0.2, 0.25) is 0 Å². The number of nitrogens with one attached hydrogen (secondary N) is 1. The summed E-state index contributed by atoms with van der Waals surface area (Å²) in [5, 5.41) is 3.06. The Morgan fingerprint density at radius 3 is 2.40 bits per heavy atom. The van der Waals surface area contributed by atoms with Gasteiger partial charge in [0.05, 0.1) is 11.3 Å². The zero-order valence-corrected chi connectivity index (χ0v) is 19.1. The standard InChI is InChI=1S/C25H36N4O/c1-18(2)16-26-25(30)23-11-6-19(3)27-24(23)21-12-14-29(15-13-21)17-20-7-9-22(10-8-20)28(4)5/h6-11,18,21H,12-17H2,1-5H3,(H,26,30). The van der Waals surface area contributed by atoms with Gasteiger partial charge >= 0.3 is 0 Å². The number of aromatic nitrogens is 1. The summed E-state index contributed by atoms with van der Waals surface area (Å²) in [5.41, 5.74) is 5.28. The maximum atomic E-state index is 12.7. The Morgan fingerprint density at radius 2 is 1.80 bits per heavy atom. The molecule has 0 bridgehead atoms. The lowest BCUT2D eigenvalue weighted by atomic mass is 9.89. The fourth-order valence-corrected chi connectivity index (χ4v) is 3.99. The molecule has 0 unspecified atom stereocenters. The van der Waals surface area contributed by atoms with Crippen LogP contribution in [0.5, 0.6) is 0 Å². The predicted octanol–water partition coefficient (Wildman–Crippen LogP) is 4.22. The molecule has 1 amide bonds. The van der Waals surface area contributed by atoms with E-state index in [0.29, 0.717) is 18.4 Å². The molecule has 0 radical (unpaired) electrons. The molecule has 0 spiro atoms. The third kappa shape index (κ3) is 5.82. The highest BCUT2D eigenvalue weighted by molar-refractivity contribution is 5.95. The van der Waals surface area contributed by atoms with E-state index in [-0.39, 0.29) is 5.91 Å². The minimum atomic E-state index is 0.00890. The maximum Gasteiger partial charge on any atom is 0.253 e. The molecule has 2 heterocycles. The minimum Gasteiger partial charge on any atom is -0.378 e. The monoisotopic (exact) mass is 408 g/mol. The molecule has 1 aromatic carbocycles. The van der Waals surface area contributed by atoms with Crippen molar-refractivity contribution in [2.45, 2.75) is 46.1 Å². The highest BCUT2D eigenvalue weighted by atomic mass is 16.1. The quantitative estimate of drug-likeness (QED) is 0.745. The van der Waals surface area contributed by atoms with Gasteiger partial charge in [-0.25, -0.2) is 0 Å². The first-order valence-electron chi connectivity index (χ1n) is 11.1. The number of hydrogen-bond donors (Lipinski definition) is 1. The number of anilines is 1. The summed E-state index contributed by atoms with van der Waals surface area (Å²) in [6.07, 6.45) is 2.08. The van der Waals surface area contributed by atoms with Crippen molar-refractivity contribution in [3.8, 4) is 0 Å². The number of likely N-dealkylation sites (tertiary alicyclic amines) is 1. The molecule has 5 heteroatoms. The van der Waals surface area contributed by atoms with Crippen LogP contribution in [-0.2, 0) is 6.54 Å². The number of carbonyl (C=O) groups excluding carboxylic acids is 1. The molecule has 162 valence electrons. The molecule has 30 heavy (non-hydrogen) atoms. The average Bonchev–Trinajstić information content (AvgIpc) is 2.73. The highest BCUT2D eigenvalue weighted by Crippen LogP contribution is 2.30. The van der Waals surface area contributed by atoms with Crippen molar-refractivity contribution >= 4 is 11.6 Å². The van der Waals surface area contributed by atoms with Crippen LogP contribution in [0.4, 0.5) is 5.69 Å². The van der Waals surface area contributed by atoms with Crippen molar-refractivity contribution < 1.29 is 4.79 Å². The second kappa shape index (κ2) is 10.1. The number of benzene rings is 1. The van der Waals surface area contributed by atoms with Gasteiger partial charge in [-0.3, -0.25) is 14.7 Å². The molecule has 0 aliphatic carbocycles. The number of piperidine rings is 1. The van der Waals surface area contributed by atoms with E-state index in [1.54, 1.807) is 0 Å². The van der Waals surface area contributed by atoms with Gasteiger partial charge in [-0.15, -0.1) is 0 Å². The van der Waals surface area contributed by atoms with E-state index in [2.05, 4.69) is 67.3 Å². The summed E-state index contributed by atoms with van der Waals surface area (Å²) in [6, 6.07) is 12.7. The molecular weight excluding hydrogens is 372 g/mol. The third-order valence-electron chi connectivity index (χ3n) is 5.81. The Morgan fingerprint density at radius 1 is 1.13 bits per heavy atom. The molecular formula is C25H36N4O. The summed E-state index contributed by atoms with van der Waals surface area (Å²) < 4.78 is 0. The van der Waals surface area contributed by atoms with Crippen molar-refractivity contribution in [2.24, 2.45) is 5.92 Å². The second-order valence-corrected chi connectivity index (χ2v) is 9.10. The van der Waals surface area contributed by atoms with Crippen molar-refractivity contribution in [3.63, 3.8) is 0 Å². The fraction of sp³-hybridized carbons (Fsp3) is 0.520. The topological polar surface area (TPSA) is 48.5 Å². The summed E-state index contributed by atoms with van der Waals surface area (Å²) in [5.74, 6) is 0.789. The first-order valence-corrected chi connectivity index (χ1v) is 11.1. The zero-order chi connectivity index (χ0) is 21.7. The third-order valence-corrected chi connectivity index (χ3v) is 5.81. The molecule has 0 saturated carbocycles. The number of aryl methyl sites for hydroxylation is 1. The molecule has 1 aromatic heterocycles. The molecule has 1 saturated heterocycles. The molecule has 2 aromatic rings. The molecule has 1 aliphatic rings. The maximum absolute atomic E-state index is 12.7. The molecule has 3 rings (SSSR count). The minimum absolute atomic E-state index is 0.00890. The lowest BCUT2D eigenvalue weighted by molar-refractivity contribution is 0.0946. The van der Waals surface area contributed by atoms with Crippen LogP contribution in [0.15, 0.2) is 36.4 Å².